The average molecular weight is 358 g/mol. The molecule has 0 bridgehead atoms. The molecule has 0 aliphatic carbocycles. The van der Waals surface area contributed by atoms with Gasteiger partial charge in [0.1, 0.15) is 11.6 Å². The van der Waals surface area contributed by atoms with Gasteiger partial charge >= 0.3 is 6.03 Å². The Hall–Kier alpha value is -2.60. The number of hydrogen-bond acceptors (Lipinski definition) is 3. The van der Waals surface area contributed by atoms with Crippen LogP contribution in [0.1, 0.15) is 18.4 Å². The Morgan fingerprint density at radius 3 is 2.38 bits per heavy atom. The molecule has 0 atom stereocenters. The van der Waals surface area contributed by atoms with Gasteiger partial charge in [-0.2, -0.15) is 0 Å². The van der Waals surface area contributed by atoms with Gasteiger partial charge in [0.2, 0.25) is 0 Å². The van der Waals surface area contributed by atoms with Gasteiger partial charge in [-0.05, 0) is 54.8 Å². The third kappa shape index (κ3) is 4.32. The van der Waals surface area contributed by atoms with Crippen LogP contribution in [0.4, 0.5) is 14.9 Å². The van der Waals surface area contributed by atoms with Crippen molar-refractivity contribution in [2.24, 2.45) is 0 Å². The van der Waals surface area contributed by atoms with Crippen molar-refractivity contribution in [1.29, 1.82) is 0 Å². The fourth-order valence-corrected chi connectivity index (χ4v) is 3.23. The molecule has 1 heterocycles. The molecular formula is C20H23FN2O3. The Morgan fingerprint density at radius 1 is 1.12 bits per heavy atom. The van der Waals surface area contributed by atoms with Gasteiger partial charge in [-0.1, -0.05) is 12.1 Å². The van der Waals surface area contributed by atoms with Crippen LogP contribution in [0.2, 0.25) is 0 Å². The summed E-state index contributed by atoms with van der Waals surface area (Å²) in [6.45, 7) is 1.71. The van der Waals surface area contributed by atoms with Gasteiger partial charge in [-0.15, -0.1) is 0 Å². The molecule has 1 fully saturated rings. The number of carbonyl (C=O) groups excluding carboxylic acids is 1. The van der Waals surface area contributed by atoms with E-state index in [1.165, 1.54) is 12.1 Å². The van der Waals surface area contributed by atoms with Gasteiger partial charge in [-0.25, -0.2) is 9.18 Å². The van der Waals surface area contributed by atoms with E-state index in [-0.39, 0.29) is 17.3 Å². The zero-order valence-corrected chi connectivity index (χ0v) is 14.8. The van der Waals surface area contributed by atoms with Crippen LogP contribution in [0, 0.1) is 5.82 Å². The highest BCUT2D eigenvalue weighted by molar-refractivity contribution is 5.89. The lowest BCUT2D eigenvalue weighted by molar-refractivity contribution is 0.0508. The number of nitrogens with one attached hydrogen (secondary N) is 2. The van der Waals surface area contributed by atoms with E-state index in [1.807, 2.05) is 0 Å². The predicted molar refractivity (Wildman–Crippen MR) is 98.1 cm³/mol. The van der Waals surface area contributed by atoms with Crippen molar-refractivity contribution in [2.75, 3.05) is 32.2 Å². The number of hydrogen-bond donors (Lipinski definition) is 2. The number of anilines is 1. The first-order chi connectivity index (χ1) is 12.6. The lowest BCUT2D eigenvalue weighted by atomic mass is 9.74. The molecule has 0 radical (unpaired) electrons. The minimum absolute atomic E-state index is 0.247. The number of amides is 2. The molecular weight excluding hydrogens is 335 g/mol. The van der Waals surface area contributed by atoms with Crippen LogP contribution in [0.3, 0.4) is 0 Å². The van der Waals surface area contributed by atoms with Crippen LogP contribution < -0.4 is 15.4 Å². The summed E-state index contributed by atoms with van der Waals surface area (Å²) < 4.78 is 23.9. The molecule has 1 saturated heterocycles. The number of ether oxygens (including phenoxy) is 2. The molecule has 2 aromatic rings. The van der Waals surface area contributed by atoms with Gasteiger partial charge in [0, 0.05) is 30.9 Å². The van der Waals surface area contributed by atoms with E-state index < -0.39 is 0 Å². The summed E-state index contributed by atoms with van der Waals surface area (Å²) in [5, 5.41) is 5.77. The first-order valence-corrected chi connectivity index (χ1v) is 8.64. The third-order valence-corrected chi connectivity index (χ3v) is 4.84. The predicted octanol–water partition coefficient (Wildman–Crippen LogP) is 3.70. The minimum atomic E-state index is -0.275. The van der Waals surface area contributed by atoms with E-state index in [9.17, 15) is 9.18 Å². The Labute approximate surface area is 152 Å². The number of rotatable bonds is 5. The van der Waals surface area contributed by atoms with Crippen LogP contribution >= 0.6 is 0 Å². The summed E-state index contributed by atoms with van der Waals surface area (Å²) in [4.78, 5) is 12.3. The van der Waals surface area contributed by atoms with Gasteiger partial charge in [0.25, 0.3) is 0 Å². The van der Waals surface area contributed by atoms with E-state index in [0.717, 1.165) is 24.2 Å². The molecule has 3 rings (SSSR count). The van der Waals surface area contributed by atoms with Gasteiger partial charge in [0.15, 0.2) is 0 Å². The summed E-state index contributed by atoms with van der Waals surface area (Å²) in [6.07, 6.45) is 1.56. The maximum absolute atomic E-state index is 13.3. The smallest absolute Gasteiger partial charge is 0.319 e. The molecule has 2 N–H and O–H groups in total. The second kappa shape index (κ2) is 8.19. The lowest BCUT2D eigenvalue weighted by Crippen LogP contribution is -2.45. The van der Waals surface area contributed by atoms with Crippen molar-refractivity contribution in [1.82, 2.24) is 5.32 Å². The SMILES string of the molecule is COc1ccc(NC(=O)NCC2(c3ccc(F)cc3)CCOCC2)cc1. The normalized spacial score (nSPS) is 15.9. The molecule has 0 unspecified atom stereocenters. The maximum Gasteiger partial charge on any atom is 0.319 e. The number of methoxy groups -OCH3 is 1. The van der Waals surface area contributed by atoms with Crippen LogP contribution in [0.25, 0.3) is 0 Å². The monoisotopic (exact) mass is 358 g/mol. The van der Waals surface area contributed by atoms with Crippen molar-refractivity contribution < 1.29 is 18.7 Å². The highest BCUT2D eigenvalue weighted by atomic mass is 19.1. The number of benzene rings is 2. The Morgan fingerprint density at radius 2 is 1.77 bits per heavy atom. The van der Waals surface area contributed by atoms with Crippen LogP contribution in [-0.4, -0.2) is 32.9 Å². The summed E-state index contributed by atoms with van der Waals surface area (Å²) >= 11 is 0. The highest BCUT2D eigenvalue weighted by Crippen LogP contribution is 2.34. The van der Waals surface area contributed by atoms with Gasteiger partial charge in [0.05, 0.1) is 7.11 Å². The van der Waals surface area contributed by atoms with E-state index >= 15 is 0 Å². The fraction of sp³-hybridized carbons (Fsp3) is 0.350. The van der Waals surface area contributed by atoms with Crippen molar-refractivity contribution in [3.63, 3.8) is 0 Å². The second-order valence-electron chi connectivity index (χ2n) is 6.44. The molecule has 26 heavy (non-hydrogen) atoms. The molecule has 2 amide bonds. The molecule has 0 saturated carbocycles. The van der Waals surface area contributed by atoms with E-state index in [2.05, 4.69) is 10.6 Å². The molecule has 6 heteroatoms. The molecule has 0 aromatic heterocycles. The summed E-state index contributed by atoms with van der Waals surface area (Å²) in [5.41, 5.74) is 1.46. The maximum atomic E-state index is 13.3. The first-order valence-electron chi connectivity index (χ1n) is 8.64. The zero-order valence-electron chi connectivity index (χ0n) is 14.8. The Balaban J connectivity index is 1.65. The van der Waals surface area contributed by atoms with Gasteiger partial charge in [-0.3, -0.25) is 0 Å². The number of halogens is 1. The van der Waals surface area contributed by atoms with Crippen LogP contribution in [0.15, 0.2) is 48.5 Å². The van der Waals surface area contributed by atoms with Crippen LogP contribution in [-0.2, 0) is 10.2 Å². The molecule has 1 aliphatic heterocycles. The first kappa shape index (κ1) is 18.2. The van der Waals surface area contributed by atoms with Crippen molar-refractivity contribution in [2.45, 2.75) is 18.3 Å². The van der Waals surface area contributed by atoms with Crippen molar-refractivity contribution >= 4 is 11.7 Å². The average Bonchev–Trinajstić information content (AvgIpc) is 2.68. The minimum Gasteiger partial charge on any atom is -0.497 e. The molecule has 5 nitrogen and oxygen atoms in total. The Kier molecular flexibility index (Phi) is 5.73. The quantitative estimate of drug-likeness (QED) is 0.857. The van der Waals surface area contributed by atoms with E-state index in [1.54, 1.807) is 43.5 Å². The topological polar surface area (TPSA) is 59.6 Å². The summed E-state index contributed by atoms with van der Waals surface area (Å²) in [6, 6.07) is 13.4. The van der Waals surface area contributed by atoms with Crippen molar-refractivity contribution in [3.05, 3.63) is 59.9 Å². The third-order valence-electron chi connectivity index (χ3n) is 4.84. The Bertz CT molecular complexity index is 726. The molecule has 138 valence electrons. The lowest BCUT2D eigenvalue weighted by Gasteiger charge is -2.38. The standard InChI is InChI=1S/C20H23FN2O3/c1-25-18-8-6-17(7-9-18)23-19(24)22-14-20(10-12-26-13-11-20)15-2-4-16(21)5-3-15/h2-9H,10-14H2,1H3,(H2,22,23,24). The number of urea groups is 1. The highest BCUT2D eigenvalue weighted by Gasteiger charge is 2.34. The molecule has 2 aromatic carbocycles. The zero-order chi connectivity index (χ0) is 18.4. The second-order valence-corrected chi connectivity index (χ2v) is 6.44. The summed E-state index contributed by atoms with van der Waals surface area (Å²) in [5.74, 6) is 0.467. The van der Waals surface area contributed by atoms with E-state index in [4.69, 9.17) is 9.47 Å². The molecule has 1 aliphatic rings. The number of carbonyl (C=O) groups is 1. The fourth-order valence-electron chi connectivity index (χ4n) is 3.23. The van der Waals surface area contributed by atoms with Gasteiger partial charge < -0.3 is 20.1 Å². The summed E-state index contributed by atoms with van der Waals surface area (Å²) in [7, 11) is 1.60. The molecule has 0 spiro atoms. The van der Waals surface area contributed by atoms with E-state index in [0.29, 0.717) is 25.4 Å². The van der Waals surface area contributed by atoms with Crippen molar-refractivity contribution in [3.8, 4) is 5.75 Å². The largest absolute Gasteiger partial charge is 0.497 e. The van der Waals surface area contributed by atoms with Crippen LogP contribution in [0.5, 0.6) is 5.75 Å².